The van der Waals surface area contributed by atoms with Gasteiger partial charge in [-0.05, 0) is 65.2 Å². The molecule has 0 aliphatic carbocycles. The zero-order chi connectivity index (χ0) is 17.7. The van der Waals surface area contributed by atoms with Gasteiger partial charge >= 0.3 is 0 Å². The van der Waals surface area contributed by atoms with Crippen molar-refractivity contribution in [3.05, 3.63) is 63.6 Å². The molecular weight excluding hydrogens is 368 g/mol. The number of nitrogens with zero attached hydrogens (tertiary/aromatic N) is 1. The van der Waals surface area contributed by atoms with Crippen LogP contribution in [0.1, 0.15) is 28.4 Å². The lowest BCUT2D eigenvalue weighted by atomic mass is 10.1. The van der Waals surface area contributed by atoms with Crippen molar-refractivity contribution >= 4 is 33.4 Å². The molecule has 0 aliphatic rings. The van der Waals surface area contributed by atoms with Crippen molar-refractivity contribution in [3.63, 3.8) is 0 Å². The van der Waals surface area contributed by atoms with Crippen LogP contribution in [0.5, 0.6) is 0 Å². The second kappa shape index (κ2) is 8.11. The Hall–Kier alpha value is -2.14. The molecule has 0 unspecified atom stereocenters. The number of hydrogen-bond acceptors (Lipinski definition) is 2. The minimum atomic E-state index is -0.161. The Kier molecular flexibility index (Phi) is 6.15. The first-order chi connectivity index (χ1) is 11.4. The smallest absolute Gasteiger partial charge is 0.252 e. The van der Waals surface area contributed by atoms with Crippen LogP contribution in [0.2, 0.25) is 0 Å². The molecule has 0 heterocycles. The van der Waals surface area contributed by atoms with Gasteiger partial charge in [0.2, 0.25) is 5.91 Å². The molecule has 0 spiro atoms. The summed E-state index contributed by atoms with van der Waals surface area (Å²) in [5, 5.41) is 2.86. The molecule has 0 radical (unpaired) electrons. The molecule has 2 rings (SSSR count). The number of rotatable bonds is 5. The van der Waals surface area contributed by atoms with Gasteiger partial charge in [-0.15, -0.1) is 0 Å². The van der Waals surface area contributed by atoms with E-state index in [1.54, 1.807) is 11.0 Å². The van der Waals surface area contributed by atoms with Crippen molar-refractivity contribution in [2.45, 2.75) is 20.8 Å². The highest BCUT2D eigenvalue weighted by molar-refractivity contribution is 9.10. The lowest BCUT2D eigenvalue weighted by Crippen LogP contribution is -2.37. The Balaban J connectivity index is 2.02. The number of benzene rings is 2. The molecule has 2 amide bonds. The lowest BCUT2D eigenvalue weighted by Gasteiger charge is -2.22. The van der Waals surface area contributed by atoms with Crippen LogP contribution in [0.15, 0.2) is 46.9 Å². The van der Waals surface area contributed by atoms with Crippen LogP contribution in [0.3, 0.4) is 0 Å². The third-order valence-electron chi connectivity index (χ3n) is 3.92. The zero-order valence-corrected chi connectivity index (χ0v) is 15.7. The van der Waals surface area contributed by atoms with Gasteiger partial charge in [0.05, 0.1) is 5.56 Å². The van der Waals surface area contributed by atoms with Gasteiger partial charge in [0, 0.05) is 30.2 Å². The number of carbonyl (C=O) groups excluding carboxylic acids is 2. The number of halogens is 1. The maximum atomic E-state index is 12.2. The predicted octanol–water partition coefficient (Wildman–Crippen LogP) is 3.85. The summed E-state index contributed by atoms with van der Waals surface area (Å²) < 4.78 is 0.750. The van der Waals surface area contributed by atoms with Crippen molar-refractivity contribution in [3.8, 4) is 0 Å². The number of anilines is 1. The number of amides is 2. The summed E-state index contributed by atoms with van der Waals surface area (Å²) in [7, 11) is 0. The molecular formula is C19H21BrN2O2. The normalized spacial score (nSPS) is 10.3. The van der Waals surface area contributed by atoms with E-state index in [4.69, 9.17) is 0 Å². The first kappa shape index (κ1) is 18.2. The lowest BCUT2D eigenvalue weighted by molar-refractivity contribution is -0.116. The van der Waals surface area contributed by atoms with Gasteiger partial charge in [0.25, 0.3) is 5.91 Å². The Bertz CT molecular complexity index is 759. The largest absolute Gasteiger partial charge is 0.350 e. The Morgan fingerprint density at radius 1 is 1.08 bits per heavy atom. The van der Waals surface area contributed by atoms with Crippen molar-refractivity contribution in [1.82, 2.24) is 5.32 Å². The molecule has 0 atom stereocenters. The minimum Gasteiger partial charge on any atom is -0.350 e. The maximum absolute atomic E-state index is 12.2. The topological polar surface area (TPSA) is 49.4 Å². The van der Waals surface area contributed by atoms with Gasteiger partial charge in [-0.2, -0.15) is 0 Å². The summed E-state index contributed by atoms with van der Waals surface area (Å²) in [5.41, 5.74) is 3.75. The van der Waals surface area contributed by atoms with Crippen LogP contribution in [0, 0.1) is 13.8 Å². The second-order valence-electron chi connectivity index (χ2n) is 5.67. The van der Waals surface area contributed by atoms with E-state index in [9.17, 15) is 9.59 Å². The van der Waals surface area contributed by atoms with Crippen LogP contribution in [0.4, 0.5) is 5.69 Å². The van der Waals surface area contributed by atoms with Crippen LogP contribution < -0.4 is 10.2 Å². The highest BCUT2D eigenvalue weighted by atomic mass is 79.9. The molecule has 1 N–H and O–H groups in total. The molecule has 0 bridgehead atoms. The van der Waals surface area contributed by atoms with Gasteiger partial charge in [-0.3, -0.25) is 9.59 Å². The number of carbonyl (C=O) groups is 2. The third-order valence-corrected chi connectivity index (χ3v) is 4.61. The molecule has 0 fully saturated rings. The summed E-state index contributed by atoms with van der Waals surface area (Å²) in [6.45, 7) is 6.40. The Morgan fingerprint density at radius 3 is 2.42 bits per heavy atom. The Labute approximate surface area is 151 Å². The van der Waals surface area contributed by atoms with Gasteiger partial charge in [-0.25, -0.2) is 0 Å². The number of aryl methyl sites for hydroxylation is 2. The summed E-state index contributed by atoms with van der Waals surface area (Å²) in [5.74, 6) is -0.209. The van der Waals surface area contributed by atoms with Crippen LogP contribution in [0.25, 0.3) is 0 Å². The van der Waals surface area contributed by atoms with Gasteiger partial charge in [0.1, 0.15) is 0 Å². The van der Waals surface area contributed by atoms with E-state index in [1.165, 1.54) is 12.5 Å². The molecule has 0 saturated carbocycles. The molecule has 5 heteroatoms. The molecule has 2 aromatic carbocycles. The maximum Gasteiger partial charge on any atom is 0.252 e. The highest BCUT2D eigenvalue weighted by Gasteiger charge is 2.13. The number of hydrogen-bond donors (Lipinski definition) is 1. The summed E-state index contributed by atoms with van der Waals surface area (Å²) >= 11 is 3.37. The summed E-state index contributed by atoms with van der Waals surface area (Å²) in [6, 6.07) is 13.2. The fraction of sp³-hybridized carbons (Fsp3) is 0.263. The van der Waals surface area contributed by atoms with E-state index in [0.717, 1.165) is 15.7 Å². The predicted molar refractivity (Wildman–Crippen MR) is 100 cm³/mol. The average Bonchev–Trinajstić information content (AvgIpc) is 2.54. The molecule has 0 aliphatic heterocycles. The fourth-order valence-electron chi connectivity index (χ4n) is 2.38. The zero-order valence-electron chi connectivity index (χ0n) is 14.1. The quantitative estimate of drug-likeness (QED) is 0.845. The van der Waals surface area contributed by atoms with Crippen molar-refractivity contribution in [1.29, 1.82) is 0 Å². The Morgan fingerprint density at radius 2 is 1.79 bits per heavy atom. The summed E-state index contributed by atoms with van der Waals surface area (Å²) in [6.07, 6.45) is 0. The highest BCUT2D eigenvalue weighted by Crippen LogP contribution is 2.19. The first-order valence-corrected chi connectivity index (χ1v) is 8.57. The third kappa shape index (κ3) is 4.45. The minimum absolute atomic E-state index is 0.0478. The van der Waals surface area contributed by atoms with E-state index in [1.807, 2.05) is 50.2 Å². The van der Waals surface area contributed by atoms with E-state index < -0.39 is 0 Å². The number of nitrogens with one attached hydrogen (secondary N) is 1. The molecule has 2 aromatic rings. The SMILES string of the molecule is CC(=O)N(CCNC(=O)c1ccccc1Br)c1ccc(C)c(C)c1. The van der Waals surface area contributed by atoms with Gasteiger partial charge in [-0.1, -0.05) is 18.2 Å². The molecule has 4 nitrogen and oxygen atoms in total. The molecule has 24 heavy (non-hydrogen) atoms. The van der Waals surface area contributed by atoms with Crippen molar-refractivity contribution in [2.24, 2.45) is 0 Å². The van der Waals surface area contributed by atoms with Gasteiger partial charge in [0.15, 0.2) is 0 Å². The molecule has 126 valence electrons. The molecule has 0 aromatic heterocycles. The first-order valence-electron chi connectivity index (χ1n) is 7.78. The van der Waals surface area contributed by atoms with E-state index in [2.05, 4.69) is 21.2 Å². The van der Waals surface area contributed by atoms with E-state index in [0.29, 0.717) is 18.7 Å². The monoisotopic (exact) mass is 388 g/mol. The van der Waals surface area contributed by atoms with E-state index in [-0.39, 0.29) is 11.8 Å². The molecule has 0 saturated heterocycles. The van der Waals surface area contributed by atoms with Gasteiger partial charge < -0.3 is 10.2 Å². The van der Waals surface area contributed by atoms with Crippen LogP contribution >= 0.6 is 15.9 Å². The fourth-order valence-corrected chi connectivity index (χ4v) is 2.85. The second-order valence-corrected chi connectivity index (χ2v) is 6.53. The average molecular weight is 389 g/mol. The van der Waals surface area contributed by atoms with Crippen LogP contribution in [-0.4, -0.2) is 24.9 Å². The summed E-state index contributed by atoms with van der Waals surface area (Å²) in [4.78, 5) is 25.8. The van der Waals surface area contributed by atoms with E-state index >= 15 is 0 Å². The standard InChI is InChI=1S/C19H21BrN2O2/c1-13-8-9-16(12-14(13)2)22(15(3)23)11-10-21-19(24)17-6-4-5-7-18(17)20/h4-9,12H,10-11H2,1-3H3,(H,21,24). The van der Waals surface area contributed by atoms with Crippen LogP contribution in [-0.2, 0) is 4.79 Å². The van der Waals surface area contributed by atoms with Crippen molar-refractivity contribution < 1.29 is 9.59 Å². The van der Waals surface area contributed by atoms with Crippen molar-refractivity contribution in [2.75, 3.05) is 18.0 Å².